The minimum absolute atomic E-state index is 0.249. The molecule has 0 bridgehead atoms. The van der Waals surface area contributed by atoms with Crippen molar-refractivity contribution in [2.75, 3.05) is 0 Å². The highest BCUT2D eigenvalue weighted by atomic mass is 16.3. The van der Waals surface area contributed by atoms with Crippen molar-refractivity contribution in [3.63, 3.8) is 0 Å². The first-order chi connectivity index (χ1) is 9.16. The predicted octanol–water partition coefficient (Wildman–Crippen LogP) is 3.28. The van der Waals surface area contributed by atoms with Gasteiger partial charge in [0.25, 0.3) is 0 Å². The Morgan fingerprint density at radius 2 is 2.11 bits per heavy atom. The van der Waals surface area contributed by atoms with Crippen LogP contribution in [0.3, 0.4) is 0 Å². The van der Waals surface area contributed by atoms with Crippen LogP contribution in [0.25, 0.3) is 10.8 Å². The molecule has 2 aromatic carbocycles. The van der Waals surface area contributed by atoms with Crippen LogP contribution in [0.5, 0.6) is 0 Å². The maximum absolute atomic E-state index is 12.2. The molecule has 1 aliphatic carbocycles. The monoisotopic (exact) mass is 254 g/mol. The van der Waals surface area contributed by atoms with Crippen molar-refractivity contribution in [2.24, 2.45) is 0 Å². The summed E-state index contributed by atoms with van der Waals surface area (Å²) in [5.41, 5.74) is 3.23. The molecular weight excluding hydrogens is 236 g/mol. The number of carbonyl (C=O) groups excluding carboxylic acids is 1. The SMILES string of the molecule is CC(O)CCCc1ccc2cccc3c2c1C(=O)C3. The van der Waals surface area contributed by atoms with E-state index in [0.717, 1.165) is 46.7 Å². The molecule has 1 aliphatic rings. The van der Waals surface area contributed by atoms with Crippen molar-refractivity contribution in [3.05, 3.63) is 47.0 Å². The van der Waals surface area contributed by atoms with Gasteiger partial charge in [-0.25, -0.2) is 0 Å². The van der Waals surface area contributed by atoms with Crippen LogP contribution in [0.1, 0.15) is 41.3 Å². The van der Waals surface area contributed by atoms with Gasteiger partial charge in [-0.3, -0.25) is 4.79 Å². The van der Waals surface area contributed by atoms with Crippen molar-refractivity contribution in [1.29, 1.82) is 0 Å². The fraction of sp³-hybridized carbons (Fsp3) is 0.353. The van der Waals surface area contributed by atoms with E-state index in [9.17, 15) is 9.90 Å². The molecule has 98 valence electrons. The van der Waals surface area contributed by atoms with Gasteiger partial charge in [-0.2, -0.15) is 0 Å². The van der Waals surface area contributed by atoms with E-state index >= 15 is 0 Å². The van der Waals surface area contributed by atoms with Crippen LogP contribution in [0.15, 0.2) is 30.3 Å². The Hall–Kier alpha value is -1.67. The summed E-state index contributed by atoms with van der Waals surface area (Å²) in [5, 5.41) is 11.6. The van der Waals surface area contributed by atoms with Crippen molar-refractivity contribution < 1.29 is 9.90 Å². The number of benzene rings is 2. The van der Waals surface area contributed by atoms with Gasteiger partial charge in [0.1, 0.15) is 0 Å². The third kappa shape index (κ3) is 2.17. The third-order valence-corrected chi connectivity index (χ3v) is 3.92. The quantitative estimate of drug-likeness (QED) is 0.909. The highest BCUT2D eigenvalue weighted by molar-refractivity contribution is 6.16. The van der Waals surface area contributed by atoms with Gasteiger partial charge in [-0.05, 0) is 48.1 Å². The van der Waals surface area contributed by atoms with Gasteiger partial charge in [0.15, 0.2) is 5.78 Å². The first-order valence-corrected chi connectivity index (χ1v) is 6.91. The van der Waals surface area contributed by atoms with E-state index in [2.05, 4.69) is 24.3 Å². The summed E-state index contributed by atoms with van der Waals surface area (Å²) in [6.45, 7) is 1.81. The van der Waals surface area contributed by atoms with Gasteiger partial charge in [0, 0.05) is 12.0 Å². The van der Waals surface area contributed by atoms with Crippen LogP contribution in [0.2, 0.25) is 0 Å². The second-order valence-electron chi connectivity index (χ2n) is 5.46. The van der Waals surface area contributed by atoms with Crippen molar-refractivity contribution in [1.82, 2.24) is 0 Å². The molecular formula is C17H18O2. The number of aryl methyl sites for hydroxylation is 1. The van der Waals surface area contributed by atoms with Gasteiger partial charge in [0.2, 0.25) is 0 Å². The molecule has 1 N–H and O–H groups in total. The van der Waals surface area contributed by atoms with Crippen LogP contribution in [-0.4, -0.2) is 17.0 Å². The number of aliphatic hydroxyl groups is 1. The van der Waals surface area contributed by atoms with E-state index < -0.39 is 0 Å². The van der Waals surface area contributed by atoms with E-state index in [1.807, 2.05) is 13.0 Å². The lowest BCUT2D eigenvalue weighted by Gasteiger charge is -2.09. The molecule has 0 saturated heterocycles. The molecule has 19 heavy (non-hydrogen) atoms. The zero-order valence-corrected chi connectivity index (χ0v) is 11.1. The smallest absolute Gasteiger partial charge is 0.168 e. The van der Waals surface area contributed by atoms with E-state index in [0.29, 0.717) is 6.42 Å². The summed E-state index contributed by atoms with van der Waals surface area (Å²) >= 11 is 0. The minimum atomic E-state index is -0.264. The summed E-state index contributed by atoms with van der Waals surface area (Å²) in [6.07, 6.45) is 2.86. The highest BCUT2D eigenvalue weighted by Gasteiger charge is 2.24. The first-order valence-electron chi connectivity index (χ1n) is 6.91. The van der Waals surface area contributed by atoms with E-state index in [1.165, 1.54) is 0 Å². The van der Waals surface area contributed by atoms with E-state index in [1.54, 1.807) is 0 Å². The van der Waals surface area contributed by atoms with Crippen LogP contribution in [0, 0.1) is 0 Å². The van der Waals surface area contributed by atoms with Crippen LogP contribution in [-0.2, 0) is 12.8 Å². The summed E-state index contributed by atoms with van der Waals surface area (Å²) in [6, 6.07) is 10.3. The lowest BCUT2D eigenvalue weighted by Crippen LogP contribution is -2.03. The lowest BCUT2D eigenvalue weighted by molar-refractivity contribution is 0.0999. The fourth-order valence-corrected chi connectivity index (χ4v) is 3.02. The number of ketones is 1. The van der Waals surface area contributed by atoms with Gasteiger partial charge in [0.05, 0.1) is 6.10 Å². The summed E-state index contributed by atoms with van der Waals surface area (Å²) in [5.74, 6) is 0.249. The first kappa shape index (κ1) is 12.4. The van der Waals surface area contributed by atoms with Gasteiger partial charge in [-0.1, -0.05) is 30.3 Å². The van der Waals surface area contributed by atoms with E-state index in [-0.39, 0.29) is 11.9 Å². The molecule has 0 saturated carbocycles. The number of hydrogen-bond donors (Lipinski definition) is 1. The summed E-state index contributed by atoms with van der Waals surface area (Å²) < 4.78 is 0. The molecule has 2 nitrogen and oxygen atoms in total. The van der Waals surface area contributed by atoms with Crippen LogP contribution in [0.4, 0.5) is 0 Å². The van der Waals surface area contributed by atoms with Gasteiger partial charge >= 0.3 is 0 Å². The standard InChI is InChI=1S/C17H18O2/c1-11(18)4-2-5-13-9-8-12-6-3-7-14-10-15(19)17(13)16(12)14/h3,6-9,11,18H,2,4-5,10H2,1H3. The highest BCUT2D eigenvalue weighted by Crippen LogP contribution is 2.33. The lowest BCUT2D eigenvalue weighted by atomic mass is 9.96. The average Bonchev–Trinajstić information content (AvgIpc) is 2.71. The molecule has 2 heteroatoms. The molecule has 0 amide bonds. The second-order valence-corrected chi connectivity index (χ2v) is 5.46. The van der Waals surface area contributed by atoms with Crippen molar-refractivity contribution in [2.45, 2.75) is 38.7 Å². The Balaban J connectivity index is 2.00. The number of Topliss-reactive ketones (excluding diaryl/α,β-unsaturated/α-hetero) is 1. The third-order valence-electron chi connectivity index (χ3n) is 3.92. The van der Waals surface area contributed by atoms with Crippen molar-refractivity contribution >= 4 is 16.6 Å². The Labute approximate surface area is 113 Å². The Morgan fingerprint density at radius 1 is 1.26 bits per heavy atom. The molecule has 1 unspecified atom stereocenters. The largest absolute Gasteiger partial charge is 0.393 e. The van der Waals surface area contributed by atoms with Crippen LogP contribution >= 0.6 is 0 Å². The Morgan fingerprint density at radius 3 is 2.89 bits per heavy atom. The van der Waals surface area contributed by atoms with Crippen molar-refractivity contribution in [3.8, 4) is 0 Å². The molecule has 0 radical (unpaired) electrons. The molecule has 3 rings (SSSR count). The zero-order valence-electron chi connectivity index (χ0n) is 11.1. The Kier molecular flexibility index (Phi) is 3.11. The average molecular weight is 254 g/mol. The molecule has 0 heterocycles. The number of aliphatic hydroxyl groups excluding tert-OH is 1. The zero-order chi connectivity index (χ0) is 13.4. The van der Waals surface area contributed by atoms with Crippen LogP contribution < -0.4 is 0 Å². The Bertz CT molecular complexity index is 641. The van der Waals surface area contributed by atoms with Gasteiger partial charge in [-0.15, -0.1) is 0 Å². The summed E-state index contributed by atoms with van der Waals surface area (Å²) in [7, 11) is 0. The molecule has 0 aromatic heterocycles. The maximum Gasteiger partial charge on any atom is 0.168 e. The molecule has 0 spiro atoms. The number of hydrogen-bond acceptors (Lipinski definition) is 2. The normalized spacial score (nSPS) is 15.2. The molecule has 0 aliphatic heterocycles. The molecule has 2 aromatic rings. The number of rotatable bonds is 4. The second kappa shape index (κ2) is 4.78. The summed E-state index contributed by atoms with van der Waals surface area (Å²) in [4.78, 5) is 12.2. The molecule has 1 atom stereocenters. The maximum atomic E-state index is 12.2. The topological polar surface area (TPSA) is 37.3 Å². The number of carbonyl (C=O) groups is 1. The van der Waals surface area contributed by atoms with E-state index in [4.69, 9.17) is 0 Å². The molecule has 0 fully saturated rings. The minimum Gasteiger partial charge on any atom is -0.393 e. The fourth-order valence-electron chi connectivity index (χ4n) is 3.02. The predicted molar refractivity (Wildman–Crippen MR) is 76.6 cm³/mol. The van der Waals surface area contributed by atoms with Gasteiger partial charge < -0.3 is 5.11 Å².